The summed E-state index contributed by atoms with van der Waals surface area (Å²) in [5.41, 5.74) is 1.94. The van der Waals surface area contributed by atoms with E-state index in [1.54, 1.807) is 24.3 Å². The topological polar surface area (TPSA) is 76.1 Å². The number of carbonyl (C=O) groups is 1. The monoisotopic (exact) mass is 384 g/mol. The van der Waals surface area contributed by atoms with Crippen LogP contribution >= 0.6 is 0 Å². The standard InChI is InChI=1S/C20H17FN2O3S/c1-14-2-9-18(10-3-14)27(25,26)19-11-6-16(13-22-19)20(24)23-12-15-4-7-17(21)8-5-15/h2-11,13H,12H2,1H3,(H,23,24). The molecule has 1 N–H and O–H groups in total. The van der Waals surface area contributed by atoms with E-state index in [-0.39, 0.29) is 27.8 Å². The number of nitrogens with one attached hydrogen (secondary N) is 1. The third-order valence-electron chi connectivity index (χ3n) is 3.97. The lowest BCUT2D eigenvalue weighted by molar-refractivity contribution is 0.0950. The van der Waals surface area contributed by atoms with Gasteiger partial charge >= 0.3 is 0 Å². The van der Waals surface area contributed by atoms with Crippen molar-refractivity contribution in [3.05, 3.63) is 89.4 Å². The first-order chi connectivity index (χ1) is 12.9. The van der Waals surface area contributed by atoms with E-state index in [2.05, 4.69) is 10.3 Å². The minimum absolute atomic E-state index is 0.124. The van der Waals surface area contributed by atoms with Crippen molar-refractivity contribution in [2.45, 2.75) is 23.4 Å². The molecule has 0 saturated carbocycles. The molecule has 3 aromatic rings. The SMILES string of the molecule is Cc1ccc(S(=O)(=O)c2ccc(C(=O)NCc3ccc(F)cc3)cn2)cc1. The number of nitrogens with zero attached hydrogens (tertiary/aromatic N) is 1. The summed E-state index contributed by atoms with van der Waals surface area (Å²) in [6.45, 7) is 2.09. The summed E-state index contributed by atoms with van der Waals surface area (Å²) in [6, 6.07) is 15.0. The Morgan fingerprint density at radius 1 is 1.00 bits per heavy atom. The number of aryl methyl sites for hydroxylation is 1. The molecule has 0 spiro atoms. The zero-order valence-electron chi connectivity index (χ0n) is 14.5. The van der Waals surface area contributed by atoms with Crippen LogP contribution in [0.5, 0.6) is 0 Å². The van der Waals surface area contributed by atoms with Gasteiger partial charge < -0.3 is 5.32 Å². The molecule has 5 nitrogen and oxygen atoms in total. The van der Waals surface area contributed by atoms with Crippen LogP contribution in [0.25, 0.3) is 0 Å². The summed E-state index contributed by atoms with van der Waals surface area (Å²) in [7, 11) is -3.74. The molecule has 1 aromatic heterocycles. The van der Waals surface area contributed by atoms with Crippen molar-refractivity contribution in [1.29, 1.82) is 0 Å². The minimum Gasteiger partial charge on any atom is -0.348 e. The smallest absolute Gasteiger partial charge is 0.253 e. The second-order valence-corrected chi connectivity index (χ2v) is 7.91. The molecule has 7 heteroatoms. The number of carbonyl (C=O) groups excluding carboxylic acids is 1. The number of rotatable bonds is 5. The highest BCUT2D eigenvalue weighted by molar-refractivity contribution is 7.91. The number of amides is 1. The van der Waals surface area contributed by atoms with Gasteiger partial charge in [-0.2, -0.15) is 0 Å². The van der Waals surface area contributed by atoms with Gasteiger partial charge in [0.05, 0.1) is 10.5 Å². The highest BCUT2D eigenvalue weighted by Gasteiger charge is 2.19. The van der Waals surface area contributed by atoms with E-state index < -0.39 is 15.7 Å². The fraction of sp³-hybridized carbons (Fsp3) is 0.100. The molecule has 0 aliphatic carbocycles. The highest BCUT2D eigenvalue weighted by atomic mass is 32.2. The zero-order chi connectivity index (χ0) is 19.4. The van der Waals surface area contributed by atoms with Gasteiger partial charge in [-0.15, -0.1) is 0 Å². The van der Waals surface area contributed by atoms with E-state index in [1.807, 2.05) is 6.92 Å². The van der Waals surface area contributed by atoms with Crippen LogP contribution in [0.1, 0.15) is 21.5 Å². The summed E-state index contributed by atoms with van der Waals surface area (Å²) in [5, 5.41) is 2.56. The maximum absolute atomic E-state index is 12.9. The van der Waals surface area contributed by atoms with Gasteiger partial charge in [0.15, 0.2) is 5.03 Å². The van der Waals surface area contributed by atoms with Gasteiger partial charge in [0.1, 0.15) is 5.82 Å². The third kappa shape index (κ3) is 4.38. The Bertz CT molecular complexity index is 1050. The number of hydrogen-bond acceptors (Lipinski definition) is 4. The summed E-state index contributed by atoms with van der Waals surface area (Å²) in [5.74, 6) is -0.745. The van der Waals surface area contributed by atoms with Gasteiger partial charge in [0, 0.05) is 12.7 Å². The van der Waals surface area contributed by atoms with E-state index >= 15 is 0 Å². The predicted octanol–water partition coefficient (Wildman–Crippen LogP) is 3.29. The molecule has 1 heterocycles. The molecule has 27 heavy (non-hydrogen) atoms. The van der Waals surface area contributed by atoms with Crippen LogP contribution in [-0.2, 0) is 16.4 Å². The Labute approximate surface area is 156 Å². The molecule has 0 unspecified atom stereocenters. The minimum atomic E-state index is -3.74. The highest BCUT2D eigenvalue weighted by Crippen LogP contribution is 2.19. The van der Waals surface area contributed by atoms with Gasteiger partial charge in [-0.25, -0.2) is 17.8 Å². The van der Waals surface area contributed by atoms with Crippen LogP contribution in [0.15, 0.2) is 76.8 Å². The molecule has 0 aliphatic rings. The maximum Gasteiger partial charge on any atom is 0.253 e. The molecule has 0 saturated heterocycles. The van der Waals surface area contributed by atoms with Crippen LogP contribution in [0.2, 0.25) is 0 Å². The van der Waals surface area contributed by atoms with E-state index in [9.17, 15) is 17.6 Å². The number of hydrogen-bond donors (Lipinski definition) is 1. The second kappa shape index (κ2) is 7.67. The van der Waals surface area contributed by atoms with Crippen LogP contribution in [0.3, 0.4) is 0 Å². The number of benzene rings is 2. The summed E-state index contributed by atoms with van der Waals surface area (Å²) >= 11 is 0. The molecular formula is C20H17FN2O3S. The fourth-order valence-corrected chi connectivity index (χ4v) is 3.57. The maximum atomic E-state index is 12.9. The van der Waals surface area contributed by atoms with E-state index in [0.717, 1.165) is 11.1 Å². The number of sulfone groups is 1. The predicted molar refractivity (Wildman–Crippen MR) is 98.4 cm³/mol. The third-order valence-corrected chi connectivity index (χ3v) is 5.66. The quantitative estimate of drug-likeness (QED) is 0.732. The molecule has 0 fully saturated rings. The van der Waals surface area contributed by atoms with Crippen LogP contribution < -0.4 is 5.32 Å². The molecule has 0 aliphatic heterocycles. The van der Waals surface area contributed by atoms with Gasteiger partial charge in [0.2, 0.25) is 9.84 Å². The van der Waals surface area contributed by atoms with Crippen molar-refractivity contribution in [2.75, 3.05) is 0 Å². The molecule has 1 amide bonds. The Morgan fingerprint density at radius 3 is 2.26 bits per heavy atom. The normalized spacial score (nSPS) is 11.2. The van der Waals surface area contributed by atoms with E-state index in [0.29, 0.717) is 0 Å². The van der Waals surface area contributed by atoms with Crippen molar-refractivity contribution in [3.8, 4) is 0 Å². The van der Waals surface area contributed by atoms with Gasteiger partial charge in [-0.3, -0.25) is 4.79 Å². The van der Waals surface area contributed by atoms with Crippen molar-refractivity contribution in [3.63, 3.8) is 0 Å². The second-order valence-electron chi connectivity index (χ2n) is 6.01. The first-order valence-corrected chi connectivity index (χ1v) is 9.65. The largest absolute Gasteiger partial charge is 0.348 e. The molecule has 3 rings (SSSR count). The van der Waals surface area contributed by atoms with Gasteiger partial charge in [0.25, 0.3) is 5.91 Å². The molecule has 2 aromatic carbocycles. The Hall–Kier alpha value is -3.06. The average Bonchev–Trinajstić information content (AvgIpc) is 2.68. The van der Waals surface area contributed by atoms with Gasteiger partial charge in [-0.1, -0.05) is 29.8 Å². The van der Waals surface area contributed by atoms with Crippen LogP contribution in [-0.4, -0.2) is 19.3 Å². The lowest BCUT2D eigenvalue weighted by atomic mass is 10.2. The van der Waals surface area contributed by atoms with Crippen molar-refractivity contribution in [1.82, 2.24) is 10.3 Å². The van der Waals surface area contributed by atoms with Crippen molar-refractivity contribution >= 4 is 15.7 Å². The molecular weight excluding hydrogens is 367 g/mol. The zero-order valence-corrected chi connectivity index (χ0v) is 15.3. The lowest BCUT2D eigenvalue weighted by Gasteiger charge is -2.07. The molecule has 0 radical (unpaired) electrons. The fourth-order valence-electron chi connectivity index (χ4n) is 2.40. The Kier molecular flexibility index (Phi) is 5.32. The summed E-state index contributed by atoms with van der Waals surface area (Å²) in [6.07, 6.45) is 1.22. The lowest BCUT2D eigenvalue weighted by Crippen LogP contribution is -2.23. The summed E-state index contributed by atoms with van der Waals surface area (Å²) < 4.78 is 38.0. The van der Waals surface area contributed by atoms with Crippen LogP contribution in [0, 0.1) is 12.7 Å². The van der Waals surface area contributed by atoms with Crippen molar-refractivity contribution in [2.24, 2.45) is 0 Å². The molecule has 0 bridgehead atoms. The number of pyridine rings is 1. The molecule has 138 valence electrons. The first-order valence-electron chi connectivity index (χ1n) is 8.17. The van der Waals surface area contributed by atoms with Crippen molar-refractivity contribution < 1.29 is 17.6 Å². The first kappa shape index (κ1) is 18.7. The summed E-state index contributed by atoms with van der Waals surface area (Å²) in [4.78, 5) is 16.3. The molecule has 0 atom stereocenters. The van der Waals surface area contributed by atoms with E-state index in [1.165, 1.54) is 42.6 Å². The van der Waals surface area contributed by atoms with E-state index in [4.69, 9.17) is 0 Å². The Morgan fingerprint density at radius 2 is 1.67 bits per heavy atom. The number of halogens is 1. The average molecular weight is 384 g/mol. The van der Waals surface area contributed by atoms with Crippen LogP contribution in [0.4, 0.5) is 4.39 Å². The van der Waals surface area contributed by atoms with Gasteiger partial charge in [-0.05, 0) is 48.9 Å². The Balaban J connectivity index is 1.71. The number of aromatic nitrogens is 1.